The molecule has 0 aliphatic heterocycles. The molecule has 0 aromatic heterocycles. The third kappa shape index (κ3) is 5.92. The summed E-state index contributed by atoms with van der Waals surface area (Å²) in [5.41, 5.74) is 7.40. The van der Waals surface area contributed by atoms with E-state index in [0.717, 1.165) is 30.6 Å². The highest BCUT2D eigenvalue weighted by Crippen LogP contribution is 2.05. The molecule has 17 heavy (non-hydrogen) atoms. The molecule has 0 saturated carbocycles. The Kier molecular flexibility index (Phi) is 6.10. The van der Waals surface area contributed by atoms with Crippen molar-refractivity contribution in [3.8, 4) is 0 Å². The highest BCUT2D eigenvalue weighted by molar-refractivity contribution is 5.75. The van der Waals surface area contributed by atoms with Gasteiger partial charge in [0.1, 0.15) is 0 Å². The zero-order chi connectivity index (χ0) is 12.5. The number of carbonyl (C=O) groups excluding carboxylic acids is 1. The van der Waals surface area contributed by atoms with Crippen molar-refractivity contribution in [2.75, 3.05) is 19.3 Å². The second-order valence-electron chi connectivity index (χ2n) is 4.08. The Balaban J connectivity index is 2.17. The lowest BCUT2D eigenvalue weighted by atomic mass is 10.2. The third-order valence-corrected chi connectivity index (χ3v) is 2.55. The second-order valence-corrected chi connectivity index (χ2v) is 4.08. The SMILES string of the molecule is CNCCCCC(=O)NCc1ccc(N)cc1. The lowest BCUT2D eigenvalue weighted by Gasteiger charge is -2.05. The average molecular weight is 235 g/mol. The summed E-state index contributed by atoms with van der Waals surface area (Å²) in [5, 5.41) is 5.96. The van der Waals surface area contributed by atoms with Crippen molar-refractivity contribution < 1.29 is 4.79 Å². The summed E-state index contributed by atoms with van der Waals surface area (Å²) in [6.45, 7) is 1.54. The summed E-state index contributed by atoms with van der Waals surface area (Å²) < 4.78 is 0. The van der Waals surface area contributed by atoms with Crippen LogP contribution in [0.2, 0.25) is 0 Å². The monoisotopic (exact) mass is 235 g/mol. The molecule has 1 aromatic carbocycles. The normalized spacial score (nSPS) is 10.2. The molecule has 4 N–H and O–H groups in total. The molecule has 0 aliphatic carbocycles. The highest BCUT2D eigenvalue weighted by atomic mass is 16.1. The van der Waals surface area contributed by atoms with Gasteiger partial charge in [-0.25, -0.2) is 0 Å². The minimum absolute atomic E-state index is 0.109. The van der Waals surface area contributed by atoms with E-state index in [-0.39, 0.29) is 5.91 Å². The smallest absolute Gasteiger partial charge is 0.220 e. The van der Waals surface area contributed by atoms with Crippen molar-refractivity contribution >= 4 is 11.6 Å². The van der Waals surface area contributed by atoms with Crippen LogP contribution in [0.25, 0.3) is 0 Å². The van der Waals surface area contributed by atoms with E-state index < -0.39 is 0 Å². The summed E-state index contributed by atoms with van der Waals surface area (Å²) >= 11 is 0. The van der Waals surface area contributed by atoms with Gasteiger partial charge < -0.3 is 16.4 Å². The Labute approximate surface area is 103 Å². The van der Waals surface area contributed by atoms with Crippen molar-refractivity contribution in [3.63, 3.8) is 0 Å². The Morgan fingerprint density at radius 1 is 1.24 bits per heavy atom. The number of hydrogen-bond donors (Lipinski definition) is 3. The topological polar surface area (TPSA) is 67.2 Å². The van der Waals surface area contributed by atoms with Crippen LogP contribution in [-0.4, -0.2) is 19.5 Å². The quantitative estimate of drug-likeness (QED) is 0.492. The van der Waals surface area contributed by atoms with E-state index in [1.54, 1.807) is 0 Å². The number of benzene rings is 1. The van der Waals surface area contributed by atoms with Gasteiger partial charge in [-0.1, -0.05) is 12.1 Å². The van der Waals surface area contributed by atoms with E-state index in [2.05, 4.69) is 10.6 Å². The van der Waals surface area contributed by atoms with Crippen LogP contribution in [0.15, 0.2) is 24.3 Å². The fourth-order valence-corrected chi connectivity index (χ4v) is 1.51. The summed E-state index contributed by atoms with van der Waals surface area (Å²) in [6.07, 6.45) is 2.55. The van der Waals surface area contributed by atoms with Crippen LogP contribution in [-0.2, 0) is 11.3 Å². The summed E-state index contributed by atoms with van der Waals surface area (Å²) in [6, 6.07) is 7.54. The largest absolute Gasteiger partial charge is 0.399 e. The van der Waals surface area contributed by atoms with E-state index in [9.17, 15) is 4.79 Å². The van der Waals surface area contributed by atoms with E-state index >= 15 is 0 Å². The van der Waals surface area contributed by atoms with E-state index in [1.165, 1.54) is 0 Å². The minimum Gasteiger partial charge on any atom is -0.399 e. The van der Waals surface area contributed by atoms with Gasteiger partial charge in [0.25, 0.3) is 0 Å². The maximum atomic E-state index is 11.5. The lowest BCUT2D eigenvalue weighted by molar-refractivity contribution is -0.121. The van der Waals surface area contributed by atoms with Crippen LogP contribution in [0.4, 0.5) is 5.69 Å². The number of nitrogens with one attached hydrogen (secondary N) is 2. The first-order valence-corrected chi connectivity index (χ1v) is 5.98. The summed E-state index contributed by atoms with van der Waals surface area (Å²) in [5.74, 6) is 0.109. The molecule has 94 valence electrons. The number of hydrogen-bond acceptors (Lipinski definition) is 3. The van der Waals surface area contributed by atoms with Crippen LogP contribution < -0.4 is 16.4 Å². The molecule has 4 heteroatoms. The fraction of sp³-hybridized carbons (Fsp3) is 0.462. The van der Waals surface area contributed by atoms with E-state index in [4.69, 9.17) is 5.73 Å². The Hall–Kier alpha value is -1.55. The van der Waals surface area contributed by atoms with Crippen molar-refractivity contribution in [3.05, 3.63) is 29.8 Å². The zero-order valence-corrected chi connectivity index (χ0v) is 10.3. The van der Waals surface area contributed by atoms with E-state index in [1.807, 2.05) is 31.3 Å². The average Bonchev–Trinajstić information content (AvgIpc) is 2.34. The summed E-state index contributed by atoms with van der Waals surface area (Å²) in [7, 11) is 1.92. The Bertz CT molecular complexity index is 335. The van der Waals surface area contributed by atoms with Gasteiger partial charge >= 0.3 is 0 Å². The maximum Gasteiger partial charge on any atom is 0.220 e. The number of nitrogens with two attached hydrogens (primary N) is 1. The first-order chi connectivity index (χ1) is 8.22. The van der Waals surface area contributed by atoms with Gasteiger partial charge in [0.05, 0.1) is 0 Å². The Morgan fingerprint density at radius 2 is 1.94 bits per heavy atom. The van der Waals surface area contributed by atoms with Gasteiger partial charge in [-0.2, -0.15) is 0 Å². The summed E-state index contributed by atoms with van der Waals surface area (Å²) in [4.78, 5) is 11.5. The minimum atomic E-state index is 0.109. The molecule has 1 aromatic rings. The first kappa shape index (κ1) is 13.5. The molecule has 4 nitrogen and oxygen atoms in total. The van der Waals surface area contributed by atoms with Crippen LogP contribution in [0, 0.1) is 0 Å². The van der Waals surface area contributed by atoms with Crippen molar-refractivity contribution in [2.45, 2.75) is 25.8 Å². The van der Waals surface area contributed by atoms with Gasteiger partial charge in [0.15, 0.2) is 0 Å². The van der Waals surface area contributed by atoms with Crippen molar-refractivity contribution in [1.82, 2.24) is 10.6 Å². The number of unbranched alkanes of at least 4 members (excludes halogenated alkanes) is 1. The van der Waals surface area contributed by atoms with Crippen LogP contribution in [0.5, 0.6) is 0 Å². The van der Waals surface area contributed by atoms with Crippen LogP contribution in [0.3, 0.4) is 0 Å². The van der Waals surface area contributed by atoms with Crippen LogP contribution >= 0.6 is 0 Å². The predicted molar refractivity (Wildman–Crippen MR) is 70.5 cm³/mol. The number of amides is 1. The van der Waals surface area contributed by atoms with Crippen molar-refractivity contribution in [1.29, 1.82) is 0 Å². The molecule has 0 saturated heterocycles. The fourth-order valence-electron chi connectivity index (χ4n) is 1.51. The van der Waals surface area contributed by atoms with E-state index in [0.29, 0.717) is 13.0 Å². The molecule has 1 rings (SSSR count). The lowest BCUT2D eigenvalue weighted by Crippen LogP contribution is -2.22. The van der Waals surface area contributed by atoms with Gasteiger partial charge in [-0.15, -0.1) is 0 Å². The second kappa shape index (κ2) is 7.68. The predicted octanol–water partition coefficient (Wildman–Crippen LogP) is 1.27. The highest BCUT2D eigenvalue weighted by Gasteiger charge is 2.00. The molecule has 0 heterocycles. The molecule has 0 spiro atoms. The number of nitrogen functional groups attached to an aromatic ring is 1. The third-order valence-electron chi connectivity index (χ3n) is 2.55. The maximum absolute atomic E-state index is 11.5. The molecule has 0 unspecified atom stereocenters. The molecule has 0 fully saturated rings. The Morgan fingerprint density at radius 3 is 2.59 bits per heavy atom. The molecule has 0 atom stereocenters. The number of carbonyl (C=O) groups is 1. The van der Waals surface area contributed by atoms with Crippen molar-refractivity contribution in [2.24, 2.45) is 0 Å². The van der Waals surface area contributed by atoms with Gasteiger partial charge in [0.2, 0.25) is 5.91 Å². The first-order valence-electron chi connectivity index (χ1n) is 5.98. The van der Waals surface area contributed by atoms with Crippen LogP contribution in [0.1, 0.15) is 24.8 Å². The molecular weight excluding hydrogens is 214 g/mol. The van der Waals surface area contributed by atoms with Gasteiger partial charge in [0, 0.05) is 18.7 Å². The van der Waals surface area contributed by atoms with Gasteiger partial charge in [-0.3, -0.25) is 4.79 Å². The molecule has 0 bridgehead atoms. The molecule has 0 aliphatic rings. The number of rotatable bonds is 7. The zero-order valence-electron chi connectivity index (χ0n) is 10.3. The molecule has 0 radical (unpaired) electrons. The molecular formula is C13H21N3O. The standard InChI is InChI=1S/C13H21N3O/c1-15-9-3-2-4-13(17)16-10-11-5-7-12(14)8-6-11/h5-8,15H,2-4,9-10,14H2,1H3,(H,16,17). The molecule has 1 amide bonds. The van der Waals surface area contributed by atoms with Gasteiger partial charge in [-0.05, 0) is 44.1 Å². The number of anilines is 1.